The highest BCUT2D eigenvalue weighted by Gasteiger charge is 2.64. The van der Waals surface area contributed by atoms with Gasteiger partial charge < -0.3 is 102 Å². The Morgan fingerprint density at radius 1 is 0.709 bits per heavy atom. The van der Waals surface area contributed by atoms with Crippen LogP contribution in [0.15, 0.2) is 108 Å². The van der Waals surface area contributed by atoms with Crippen LogP contribution in [0.4, 0.5) is 17.3 Å². The normalized spacial score (nSPS) is 25.0. The average molecular weight is 1960 g/mol. The number of anilines is 3. The molecule has 2 saturated heterocycles. The topological polar surface area (TPSA) is 528 Å². The van der Waals surface area contributed by atoms with E-state index in [-0.39, 0.29) is 133 Å². The Morgan fingerprint density at radius 3 is 1.69 bits per heavy atom. The van der Waals surface area contributed by atoms with E-state index >= 15 is 0 Å². The maximum absolute atomic E-state index is 13.7. The fourth-order valence-corrected chi connectivity index (χ4v) is 19.6. The molecular weight excluding hydrogens is 1810 g/mol. The number of aliphatic hydroxyl groups excluding tert-OH is 9. The highest BCUT2D eigenvalue weighted by molar-refractivity contribution is 6.45. The minimum Gasteiger partial charge on any atom is -0.508 e. The first-order valence-electron chi connectivity index (χ1n) is 46.5. The number of phenolic OH excluding ortho intramolecular Hbond substituents is 1. The van der Waals surface area contributed by atoms with Gasteiger partial charge in [0.05, 0.1) is 74.6 Å². The second-order valence-corrected chi connectivity index (χ2v) is 38.8. The van der Waals surface area contributed by atoms with Gasteiger partial charge >= 0.3 is 11.9 Å². The number of methoxy groups -OCH3 is 2. The summed E-state index contributed by atoms with van der Waals surface area (Å²) in [4.78, 5) is 95.7. The van der Waals surface area contributed by atoms with Crippen LogP contribution in [0.5, 0.6) is 5.75 Å². The van der Waals surface area contributed by atoms with E-state index in [1.54, 1.807) is 31.1 Å². The van der Waals surface area contributed by atoms with Crippen molar-refractivity contribution in [2.45, 2.75) is 271 Å². The molecular formula is C98H145Cl4N9O23. The Balaban J connectivity index is 0.000000253. The van der Waals surface area contributed by atoms with E-state index in [1.807, 2.05) is 106 Å². The Morgan fingerprint density at radius 2 is 1.23 bits per heavy atom. The van der Waals surface area contributed by atoms with E-state index in [2.05, 4.69) is 33.2 Å². The number of nitrogens with one attached hydrogen (secondary N) is 1. The summed E-state index contributed by atoms with van der Waals surface area (Å²) >= 11 is 24.3. The number of likely N-dealkylation sites (N-methyl/N-ethyl adjacent to an activating group) is 1. The Hall–Kier alpha value is -8.13. The third-order valence-electron chi connectivity index (χ3n) is 26.2. The van der Waals surface area contributed by atoms with E-state index in [1.165, 1.54) is 31.6 Å². The minimum absolute atomic E-state index is 0.0638. The number of halogens is 4. The maximum Gasteiger partial charge on any atom is 0.305 e. The number of unbranched alkanes of at least 4 members (excludes halogenated alkanes) is 8. The summed E-state index contributed by atoms with van der Waals surface area (Å²) in [6.07, 6.45) is 23.8. The van der Waals surface area contributed by atoms with Crippen molar-refractivity contribution in [1.29, 1.82) is 5.41 Å². The zero-order chi connectivity index (χ0) is 99.8. The molecule has 7 aliphatic rings. The van der Waals surface area contributed by atoms with Gasteiger partial charge in [-0.25, -0.2) is 0 Å². The number of rotatable bonds is 36. The number of aromatic nitrogens is 2. The van der Waals surface area contributed by atoms with Crippen molar-refractivity contribution in [3.8, 4) is 5.75 Å². The SMILES string of the molecule is CCCCC(C)(O)C/C=C/[C@H]1[C@H](O)CC(=O)[C@@H]1CCCCCCC(=O)OC.CCCCC(C)(O)C/C=C/[C@H]1[C@H](O)CC(=O)[C@@H]1CCCCCCC(=O)OC.CN(C)c1ccc(O)c2c1C[C@H]1C[C@H]3[C@H](N(C)C)C(=O)C(C(N)=O)=C(O)[C@@]3(O)C(=O)C1=C2O.Clc1ccc(C(c2ccccc2Cl)C(Cl)Cl)cc1.N=c1nc(N2CCCCC2)cc(N)n1O.OCCN1C[C@H](O)[C@@H](O)[C@H](O)[C@H]1CO. The molecule has 19 N–H and O–H groups in total. The summed E-state index contributed by atoms with van der Waals surface area (Å²) in [6, 6.07) is 18.0. The molecule has 3 unspecified atom stereocenters. The fourth-order valence-electron chi connectivity index (χ4n) is 18.7. The number of ketones is 4. The molecule has 32 nitrogen and oxygen atoms in total. The number of hydrogen-bond acceptors (Lipinski definition) is 30. The number of phenols is 1. The van der Waals surface area contributed by atoms with Gasteiger partial charge in [0, 0.05) is 129 Å². The molecule has 17 atom stereocenters. The number of benzene rings is 3. The smallest absolute Gasteiger partial charge is 0.305 e. The van der Waals surface area contributed by atoms with Crippen molar-refractivity contribution in [3.63, 3.8) is 0 Å². The van der Waals surface area contributed by atoms with Gasteiger partial charge in [-0.3, -0.25) is 48.8 Å². The Kier molecular flexibility index (Phi) is 46.9. The highest BCUT2D eigenvalue weighted by Crippen LogP contribution is 2.54. The predicted molar refractivity (Wildman–Crippen MR) is 515 cm³/mol. The maximum atomic E-state index is 13.7. The van der Waals surface area contributed by atoms with Crippen LogP contribution in [0.1, 0.15) is 223 Å². The van der Waals surface area contributed by atoms with Crippen LogP contribution in [0.2, 0.25) is 10.0 Å². The number of esters is 2. The summed E-state index contributed by atoms with van der Waals surface area (Å²) in [7, 11) is 9.55. The third-order valence-corrected chi connectivity index (χ3v) is 27.3. The van der Waals surface area contributed by atoms with Crippen LogP contribution in [0.3, 0.4) is 0 Å². The number of aromatic hydroxyl groups is 1. The number of ether oxygens (including phenoxy) is 2. The molecule has 5 fully saturated rings. The van der Waals surface area contributed by atoms with Gasteiger partial charge in [0.2, 0.25) is 5.78 Å². The van der Waals surface area contributed by atoms with Gasteiger partial charge in [-0.1, -0.05) is 156 Å². The molecule has 0 spiro atoms. The molecule has 36 heteroatoms. The molecule has 2 aliphatic heterocycles. The molecule has 5 aliphatic carbocycles. The lowest BCUT2D eigenvalue weighted by Crippen LogP contribution is -2.65. The van der Waals surface area contributed by atoms with Crippen LogP contribution < -0.4 is 26.9 Å². The number of fused-ring (bicyclic) bond motifs is 3. The van der Waals surface area contributed by atoms with Crippen molar-refractivity contribution in [1.82, 2.24) is 19.5 Å². The quantitative estimate of drug-likeness (QED) is 0.00502. The number of nitrogens with zero attached hydrogens (tertiary/aromatic N) is 6. The van der Waals surface area contributed by atoms with Crippen molar-refractivity contribution >= 4 is 110 Å². The van der Waals surface area contributed by atoms with Crippen molar-refractivity contribution in [3.05, 3.63) is 146 Å². The number of likely N-dealkylation sites (tertiary alicyclic amines) is 1. The Bertz CT molecular complexity index is 4590. The van der Waals surface area contributed by atoms with Crippen molar-refractivity contribution in [2.75, 3.05) is 97.3 Å². The first kappa shape index (κ1) is 115. The van der Waals surface area contributed by atoms with E-state index in [0.717, 1.165) is 145 Å². The second-order valence-electron chi connectivity index (χ2n) is 36.8. The molecule has 4 aromatic rings. The lowest BCUT2D eigenvalue weighted by Gasteiger charge is -2.50. The monoisotopic (exact) mass is 1960 g/mol. The predicted octanol–water partition coefficient (Wildman–Crippen LogP) is 10.8. The molecule has 1 amide bonds. The lowest BCUT2D eigenvalue weighted by molar-refractivity contribution is -0.154. The van der Waals surface area contributed by atoms with Crippen LogP contribution in [0.25, 0.3) is 5.76 Å². The molecule has 134 heavy (non-hydrogen) atoms. The first-order chi connectivity index (χ1) is 63.3. The fraction of sp³-hybridized carbons (Fsp3) is 0.622. The number of amides is 1. The van der Waals surface area contributed by atoms with E-state index < -0.39 is 111 Å². The number of aliphatic hydroxyl groups is 12. The number of β-amino-alcohol motifs (C(OH)–C–C–N with tert-alkyl or cyclic N) is 2. The molecule has 11 rings (SSSR count). The molecule has 3 saturated carbocycles. The molecule has 3 aromatic carbocycles. The first-order valence-corrected chi connectivity index (χ1v) is 48.1. The zero-order valence-corrected chi connectivity index (χ0v) is 82.0. The number of Topliss-reactive ketones (excluding diaryl/α,β-unsaturated/α-hetero) is 4. The largest absolute Gasteiger partial charge is 0.508 e. The highest BCUT2D eigenvalue weighted by atomic mass is 35.5. The zero-order valence-electron chi connectivity index (χ0n) is 78.9. The number of piperidine rings is 2. The molecule has 748 valence electrons. The van der Waals surface area contributed by atoms with Crippen LogP contribution in [0, 0.1) is 40.9 Å². The van der Waals surface area contributed by atoms with Crippen LogP contribution in [-0.2, 0) is 49.5 Å². The van der Waals surface area contributed by atoms with Gasteiger partial charge in [-0.15, -0.1) is 27.9 Å². The molecule has 0 radical (unpaired) electrons. The third kappa shape index (κ3) is 31.7. The van der Waals surface area contributed by atoms with Crippen LogP contribution >= 0.6 is 46.4 Å². The van der Waals surface area contributed by atoms with E-state index in [0.29, 0.717) is 51.8 Å². The van der Waals surface area contributed by atoms with Gasteiger partial charge in [-0.05, 0) is 164 Å². The number of carbonyl (C=O) groups is 7. The molecule has 1 aromatic heterocycles. The average Bonchev–Trinajstić information content (AvgIpc) is 0.751. The van der Waals surface area contributed by atoms with Gasteiger partial charge in [0.15, 0.2) is 11.4 Å². The van der Waals surface area contributed by atoms with E-state index in [9.17, 15) is 94.9 Å². The van der Waals surface area contributed by atoms with Crippen molar-refractivity contribution < 1.29 is 115 Å². The summed E-state index contributed by atoms with van der Waals surface area (Å²) in [6.45, 7) is 9.75. The molecule has 3 heterocycles. The number of hydrogen-bond donors (Lipinski definition) is 17. The number of alkyl halides is 2. The summed E-state index contributed by atoms with van der Waals surface area (Å²) < 4.78 is 9.83. The summed E-state index contributed by atoms with van der Waals surface area (Å²) in [5, 5.41) is 149. The summed E-state index contributed by atoms with van der Waals surface area (Å²) in [5.41, 5.74) is 8.92. The van der Waals surface area contributed by atoms with Crippen LogP contribution in [-0.4, -0.2) is 278 Å². The van der Waals surface area contributed by atoms with E-state index in [4.69, 9.17) is 73.5 Å². The van der Waals surface area contributed by atoms with Crippen molar-refractivity contribution in [2.24, 2.45) is 41.2 Å². The number of primary amides is 1. The lowest BCUT2D eigenvalue weighted by atomic mass is 9.57. The minimum atomic E-state index is -2.63. The van der Waals surface area contributed by atoms with Gasteiger partial charge in [0.25, 0.3) is 11.5 Å². The summed E-state index contributed by atoms with van der Waals surface area (Å²) in [5.74, 6) is -6.49. The van der Waals surface area contributed by atoms with Gasteiger partial charge in [-0.2, -0.15) is 4.98 Å². The number of nitrogen functional groups attached to an aromatic ring is 1. The van der Waals surface area contributed by atoms with Gasteiger partial charge in [0.1, 0.15) is 63.1 Å². The number of nitrogens with two attached hydrogens (primary N) is 2. The molecule has 0 bridgehead atoms. The number of carbonyl (C=O) groups excluding carboxylic acids is 7. The Labute approximate surface area is 806 Å². The standard InChI is InChI=1S/C23H27N3O7.2C22H38O5.C14H10Cl4.C9H15N5O.C8H17NO5/c1-25(2)12-5-6-13(27)15-10(12)7-9-8-11-17(26(3)4)19(29)16(22(24)32)21(31)23(11,33)20(30)14(9)18(15)28;2*1-4-5-14-22(2,26)15-10-12-18-17(19(23)16-20(18)24)11-8-6-7-9-13-21(25)27-3;15-10-7-5-9(6-8-10)13(14(17)18)11-3-1-2-4-12(11)16;10-7-6-8(12-9(11)14(7)15)13-4-2-1-3-5-13;10-2-1-9-3-6(12)8(14)7(13)5(9)4-11/h5-6,9,11,17,27-28,31,33H,7-8H2,1-4H3,(H2,24,32);2*10,12,17-18,20,24,26H,4-9,11,13-16H2,1-3H3;1-8,13-14H;6,11,15H,1-5,10H2;5-8,10-14H,1-4H2/b;2*12-10+;;;/t9-,11-,17-,23-;2*17-,18-,20-,22?;;;5-,6+,7-,8-/m011..1/s1. The second kappa shape index (κ2) is 54.9.